The van der Waals surface area contributed by atoms with Crippen molar-refractivity contribution in [2.24, 2.45) is 0 Å². The molecule has 0 spiro atoms. The molecule has 0 aliphatic carbocycles. The first-order valence-corrected chi connectivity index (χ1v) is 16.3. The summed E-state index contributed by atoms with van der Waals surface area (Å²) in [6.45, 7) is 0.572. The Balaban J connectivity index is 1.27. The molecule has 2 aliphatic heterocycles. The maximum absolute atomic E-state index is 12.6. The van der Waals surface area contributed by atoms with Crippen LogP contribution in [0.3, 0.4) is 0 Å². The Bertz CT molecular complexity index is 1050. The second kappa shape index (κ2) is 13.9. The van der Waals surface area contributed by atoms with Crippen molar-refractivity contribution in [3.63, 3.8) is 0 Å². The van der Waals surface area contributed by atoms with Crippen LogP contribution in [0.25, 0.3) is 0 Å². The predicted octanol–water partition coefficient (Wildman–Crippen LogP) is 4.60. The molecule has 2 heterocycles. The minimum Gasteiger partial charge on any atom is -0.480 e. The summed E-state index contributed by atoms with van der Waals surface area (Å²) in [4.78, 5) is 52.4. The van der Waals surface area contributed by atoms with Gasteiger partial charge in [0, 0.05) is 37.4 Å². The second-order valence-electron chi connectivity index (χ2n) is 8.79. The number of hydrogen-bond acceptors (Lipinski definition) is 10. The molecule has 2 aromatic rings. The largest absolute Gasteiger partial charge is 0.480 e. The Hall–Kier alpha value is -1.96. The van der Waals surface area contributed by atoms with Crippen LogP contribution >= 0.6 is 45.1 Å². The molecule has 2 aliphatic rings. The van der Waals surface area contributed by atoms with Gasteiger partial charge in [-0.2, -0.15) is 0 Å². The van der Waals surface area contributed by atoms with Gasteiger partial charge < -0.3 is 10.2 Å². The molecule has 4 rings (SSSR count). The SMILES string of the molecule is O=C(CCN1C(C(=O)O)CSC1c1ccccc1)SSC(=O)CCN1C(C(=O)O)CSC1c1ccccc1. The van der Waals surface area contributed by atoms with Crippen molar-refractivity contribution in [3.05, 3.63) is 71.8 Å². The minimum absolute atomic E-state index is 0.124. The molecule has 2 N–H and O–H groups in total. The third-order valence-electron chi connectivity index (χ3n) is 6.34. The van der Waals surface area contributed by atoms with E-state index in [0.29, 0.717) is 11.5 Å². The number of benzene rings is 2. The van der Waals surface area contributed by atoms with Gasteiger partial charge in [0.1, 0.15) is 12.1 Å². The molecule has 2 fully saturated rings. The fourth-order valence-electron chi connectivity index (χ4n) is 4.47. The summed E-state index contributed by atoms with van der Waals surface area (Å²) in [5.41, 5.74) is 2.00. The number of carbonyl (C=O) groups is 4. The summed E-state index contributed by atoms with van der Waals surface area (Å²) in [7, 11) is 1.74. The fourth-order valence-corrected chi connectivity index (χ4v) is 9.05. The van der Waals surface area contributed by atoms with Crippen molar-refractivity contribution >= 4 is 67.3 Å². The van der Waals surface area contributed by atoms with E-state index in [4.69, 9.17) is 0 Å². The Morgan fingerprint density at radius 1 is 0.684 bits per heavy atom. The lowest BCUT2D eigenvalue weighted by Gasteiger charge is -2.27. The average molecular weight is 593 g/mol. The van der Waals surface area contributed by atoms with Crippen molar-refractivity contribution in [1.82, 2.24) is 9.80 Å². The monoisotopic (exact) mass is 592 g/mol. The van der Waals surface area contributed by atoms with Crippen molar-refractivity contribution < 1.29 is 29.4 Å². The zero-order valence-electron chi connectivity index (χ0n) is 20.4. The average Bonchev–Trinajstić information content (AvgIpc) is 3.55. The van der Waals surface area contributed by atoms with Crippen LogP contribution in [0.4, 0.5) is 0 Å². The zero-order chi connectivity index (χ0) is 27.1. The lowest BCUT2D eigenvalue weighted by atomic mass is 10.1. The van der Waals surface area contributed by atoms with E-state index in [9.17, 15) is 29.4 Å². The number of rotatable bonds is 10. The van der Waals surface area contributed by atoms with Crippen LogP contribution in [0.1, 0.15) is 34.7 Å². The zero-order valence-corrected chi connectivity index (χ0v) is 23.6. The summed E-state index contributed by atoms with van der Waals surface area (Å²) in [5, 5.41) is 18.6. The third kappa shape index (κ3) is 7.36. The highest BCUT2D eigenvalue weighted by Crippen LogP contribution is 2.43. The van der Waals surface area contributed by atoms with Crippen molar-refractivity contribution in [1.29, 1.82) is 0 Å². The van der Waals surface area contributed by atoms with E-state index >= 15 is 0 Å². The molecule has 4 atom stereocenters. The molecule has 2 aromatic carbocycles. The molecule has 0 radical (unpaired) electrons. The normalized spacial score (nSPS) is 23.9. The Morgan fingerprint density at radius 2 is 1.05 bits per heavy atom. The lowest BCUT2D eigenvalue weighted by Crippen LogP contribution is -2.40. The first kappa shape index (κ1) is 29.0. The van der Waals surface area contributed by atoms with Crippen LogP contribution in [0.15, 0.2) is 60.7 Å². The maximum Gasteiger partial charge on any atom is 0.321 e. The fraction of sp³-hybridized carbons (Fsp3) is 0.385. The molecule has 0 amide bonds. The Kier molecular flexibility index (Phi) is 10.6. The van der Waals surface area contributed by atoms with E-state index < -0.39 is 24.0 Å². The van der Waals surface area contributed by atoms with Gasteiger partial charge in [0.15, 0.2) is 0 Å². The molecular formula is C26H28N2O6S4. The van der Waals surface area contributed by atoms with E-state index in [-0.39, 0.29) is 46.9 Å². The van der Waals surface area contributed by atoms with E-state index in [1.165, 1.54) is 0 Å². The van der Waals surface area contributed by atoms with Gasteiger partial charge in [0.05, 0.1) is 10.7 Å². The molecule has 38 heavy (non-hydrogen) atoms. The van der Waals surface area contributed by atoms with Crippen LogP contribution in [0.5, 0.6) is 0 Å². The molecule has 0 aromatic heterocycles. The summed E-state index contributed by atoms with van der Waals surface area (Å²) >= 11 is 3.10. The van der Waals surface area contributed by atoms with E-state index in [0.717, 1.165) is 32.7 Å². The first-order valence-electron chi connectivity index (χ1n) is 12.1. The van der Waals surface area contributed by atoms with Gasteiger partial charge in [-0.1, -0.05) is 60.7 Å². The van der Waals surface area contributed by atoms with Gasteiger partial charge in [0.25, 0.3) is 0 Å². The Morgan fingerprint density at radius 3 is 1.39 bits per heavy atom. The van der Waals surface area contributed by atoms with Gasteiger partial charge in [-0.15, -0.1) is 23.5 Å². The molecule has 4 unspecified atom stereocenters. The topological polar surface area (TPSA) is 115 Å². The number of nitrogens with zero attached hydrogens (tertiary/aromatic N) is 2. The van der Waals surface area contributed by atoms with Gasteiger partial charge in [-0.25, -0.2) is 0 Å². The highest BCUT2D eigenvalue weighted by Gasteiger charge is 2.40. The highest BCUT2D eigenvalue weighted by molar-refractivity contribution is 8.87. The number of hydrogen-bond donors (Lipinski definition) is 2. The van der Waals surface area contributed by atoms with Gasteiger partial charge >= 0.3 is 11.9 Å². The van der Waals surface area contributed by atoms with Crippen LogP contribution in [0.2, 0.25) is 0 Å². The number of carbonyl (C=O) groups excluding carboxylic acids is 2. The van der Waals surface area contributed by atoms with Gasteiger partial charge in [-0.3, -0.25) is 29.0 Å². The molecule has 202 valence electrons. The van der Waals surface area contributed by atoms with E-state index in [2.05, 4.69) is 0 Å². The molecule has 0 saturated carbocycles. The van der Waals surface area contributed by atoms with Crippen LogP contribution in [-0.2, 0) is 19.2 Å². The van der Waals surface area contributed by atoms with Crippen molar-refractivity contribution in [3.8, 4) is 0 Å². The number of carboxylic acids is 2. The second-order valence-corrected chi connectivity index (χ2v) is 13.3. The number of aliphatic carboxylic acids is 2. The van der Waals surface area contributed by atoms with Gasteiger partial charge in [-0.05, 0) is 32.7 Å². The summed E-state index contributed by atoms with van der Waals surface area (Å²) < 4.78 is 0. The molecule has 0 bridgehead atoms. The highest BCUT2D eigenvalue weighted by atomic mass is 33.1. The standard InChI is InChI=1S/C26H28N2O6S4/c29-21(11-13-27-19(25(31)32)15-35-23(27)17-7-3-1-4-8-17)37-38-22(30)12-14-28-20(26(33)34)16-36-24(28)18-9-5-2-6-10-18/h1-10,19-20,23-24H,11-16H2,(H,31,32)(H,33,34). The van der Waals surface area contributed by atoms with E-state index in [1.54, 1.807) is 23.5 Å². The van der Waals surface area contributed by atoms with Crippen LogP contribution < -0.4 is 0 Å². The summed E-state index contributed by atoms with van der Waals surface area (Å²) in [6, 6.07) is 17.9. The van der Waals surface area contributed by atoms with Crippen LogP contribution in [0, 0.1) is 0 Å². The smallest absolute Gasteiger partial charge is 0.321 e. The quantitative estimate of drug-likeness (QED) is 0.376. The summed E-state index contributed by atoms with van der Waals surface area (Å²) in [5.74, 6) is -0.928. The lowest BCUT2D eigenvalue weighted by molar-refractivity contribution is -0.143. The number of carboxylic acid groups (broad SMARTS) is 2. The third-order valence-corrected chi connectivity index (χ3v) is 11.3. The van der Waals surface area contributed by atoms with E-state index in [1.807, 2.05) is 70.5 Å². The molecule has 2 saturated heterocycles. The molecule has 12 heteroatoms. The molecular weight excluding hydrogens is 565 g/mol. The first-order chi connectivity index (χ1) is 18.3. The van der Waals surface area contributed by atoms with Crippen LogP contribution in [-0.4, -0.2) is 78.9 Å². The minimum atomic E-state index is -0.908. The maximum atomic E-state index is 12.6. The Labute approximate surface area is 237 Å². The van der Waals surface area contributed by atoms with Gasteiger partial charge in [0.2, 0.25) is 10.2 Å². The summed E-state index contributed by atoms with van der Waals surface area (Å²) in [6.07, 6.45) is 0.247. The number of thioether (sulfide) groups is 2. The van der Waals surface area contributed by atoms with Crippen molar-refractivity contribution in [2.45, 2.75) is 35.7 Å². The van der Waals surface area contributed by atoms with Crippen molar-refractivity contribution in [2.75, 3.05) is 24.6 Å². The molecule has 8 nitrogen and oxygen atoms in total. The predicted molar refractivity (Wildman–Crippen MR) is 154 cm³/mol.